The Morgan fingerprint density at radius 2 is 2.41 bits per heavy atom. The molecule has 4 nitrogen and oxygen atoms in total. The number of ether oxygens (including phenoxy) is 1. The zero-order valence-electron chi connectivity index (χ0n) is 9.03. The van der Waals surface area contributed by atoms with Crippen molar-refractivity contribution in [3.8, 4) is 18.1 Å². The summed E-state index contributed by atoms with van der Waals surface area (Å²) in [7, 11) is 1.35. The summed E-state index contributed by atoms with van der Waals surface area (Å²) in [6.07, 6.45) is 6.59. The van der Waals surface area contributed by atoms with E-state index in [1.165, 1.54) is 19.4 Å². The summed E-state index contributed by atoms with van der Waals surface area (Å²) in [5, 5.41) is 3.72. The number of benzene rings is 1. The van der Waals surface area contributed by atoms with Crippen molar-refractivity contribution in [2.45, 2.75) is 0 Å². The normalized spacial score (nSPS) is 9.94. The molecule has 0 bridgehead atoms. The molecule has 0 aromatic heterocycles. The number of methoxy groups -OCH3 is 1. The number of nitrogens with two attached hydrogens (primary N) is 1. The lowest BCUT2D eigenvalue weighted by molar-refractivity contribution is 0.385. The number of terminal acetylenes is 1. The van der Waals surface area contributed by atoms with E-state index in [4.69, 9.17) is 16.9 Å². The van der Waals surface area contributed by atoms with Crippen molar-refractivity contribution in [1.82, 2.24) is 5.43 Å². The molecule has 3 N–H and O–H groups in total. The highest BCUT2D eigenvalue weighted by molar-refractivity contribution is 7.80. The number of thiocarbonyl (C=S) groups is 1. The van der Waals surface area contributed by atoms with Crippen LogP contribution in [0.2, 0.25) is 0 Å². The van der Waals surface area contributed by atoms with E-state index in [-0.39, 0.29) is 10.9 Å². The quantitative estimate of drug-likeness (QED) is 0.364. The first kappa shape index (κ1) is 12.9. The van der Waals surface area contributed by atoms with E-state index in [2.05, 4.69) is 28.7 Å². The number of nitrogens with zero attached hydrogens (tertiary/aromatic N) is 1. The fourth-order valence-corrected chi connectivity index (χ4v) is 1.23. The molecule has 1 aromatic carbocycles. The molecule has 6 heteroatoms. The van der Waals surface area contributed by atoms with Gasteiger partial charge in [0.25, 0.3) is 0 Å². The molecule has 17 heavy (non-hydrogen) atoms. The molecule has 0 spiro atoms. The number of nitrogens with one attached hydrogen (secondary N) is 1. The lowest BCUT2D eigenvalue weighted by Crippen LogP contribution is -2.24. The smallest absolute Gasteiger partial charge is 0.184 e. The van der Waals surface area contributed by atoms with E-state index < -0.39 is 5.82 Å². The molecule has 0 aliphatic rings. The van der Waals surface area contributed by atoms with Crippen molar-refractivity contribution in [2.75, 3.05) is 7.11 Å². The molecule has 0 radical (unpaired) electrons. The van der Waals surface area contributed by atoms with Crippen LogP contribution in [0.5, 0.6) is 5.75 Å². The molecular weight excluding hydrogens is 241 g/mol. The third-order valence-corrected chi connectivity index (χ3v) is 1.91. The van der Waals surface area contributed by atoms with Gasteiger partial charge in [-0.1, -0.05) is 5.92 Å². The molecule has 88 valence electrons. The van der Waals surface area contributed by atoms with E-state index in [1.807, 2.05) is 0 Å². The molecule has 1 aromatic rings. The predicted molar refractivity (Wildman–Crippen MR) is 68.4 cm³/mol. The highest BCUT2D eigenvalue weighted by Crippen LogP contribution is 2.22. The summed E-state index contributed by atoms with van der Waals surface area (Å²) < 4.78 is 18.4. The van der Waals surface area contributed by atoms with Crippen LogP contribution in [0.3, 0.4) is 0 Å². The Morgan fingerprint density at radius 1 is 1.71 bits per heavy atom. The summed E-state index contributed by atoms with van der Waals surface area (Å²) in [6, 6.07) is 2.80. The van der Waals surface area contributed by atoms with Gasteiger partial charge in [-0.3, -0.25) is 5.43 Å². The van der Waals surface area contributed by atoms with Crippen molar-refractivity contribution in [3.05, 3.63) is 29.1 Å². The van der Waals surface area contributed by atoms with Gasteiger partial charge in [-0.15, -0.1) is 6.42 Å². The van der Waals surface area contributed by atoms with Crippen LogP contribution in [-0.4, -0.2) is 18.4 Å². The van der Waals surface area contributed by atoms with Crippen molar-refractivity contribution in [3.63, 3.8) is 0 Å². The van der Waals surface area contributed by atoms with Gasteiger partial charge in [0.2, 0.25) is 0 Å². The molecular formula is C11H10FN3OS. The average Bonchev–Trinajstić information content (AvgIpc) is 2.27. The van der Waals surface area contributed by atoms with Gasteiger partial charge in [0.1, 0.15) is 0 Å². The van der Waals surface area contributed by atoms with Gasteiger partial charge in [-0.05, 0) is 29.9 Å². The first-order valence-electron chi connectivity index (χ1n) is 4.51. The minimum absolute atomic E-state index is 0.0207. The van der Waals surface area contributed by atoms with E-state index in [0.29, 0.717) is 11.1 Å². The van der Waals surface area contributed by atoms with E-state index in [1.54, 1.807) is 6.07 Å². The maximum Gasteiger partial charge on any atom is 0.184 e. The molecule has 0 saturated heterocycles. The minimum Gasteiger partial charge on any atom is -0.492 e. The zero-order valence-corrected chi connectivity index (χ0v) is 9.84. The highest BCUT2D eigenvalue weighted by atomic mass is 32.1. The SMILES string of the molecule is C#Cc1cc(C=NNC(N)=S)cc(F)c1OC. The summed E-state index contributed by atoms with van der Waals surface area (Å²) in [4.78, 5) is 0. The summed E-state index contributed by atoms with van der Waals surface area (Å²) in [6.45, 7) is 0. The van der Waals surface area contributed by atoms with Crippen LogP contribution < -0.4 is 15.9 Å². The molecule has 0 amide bonds. The maximum atomic E-state index is 13.5. The van der Waals surface area contributed by atoms with Crippen LogP contribution in [0, 0.1) is 18.2 Å². The van der Waals surface area contributed by atoms with E-state index in [9.17, 15) is 4.39 Å². The minimum atomic E-state index is -0.556. The lowest BCUT2D eigenvalue weighted by Gasteiger charge is -2.05. The largest absolute Gasteiger partial charge is 0.492 e. The van der Waals surface area contributed by atoms with Crippen LogP contribution in [-0.2, 0) is 0 Å². The molecule has 0 heterocycles. The first-order valence-corrected chi connectivity index (χ1v) is 4.92. The van der Waals surface area contributed by atoms with E-state index in [0.717, 1.165) is 0 Å². The Kier molecular flexibility index (Phi) is 4.43. The van der Waals surface area contributed by atoms with Crippen molar-refractivity contribution >= 4 is 23.5 Å². The third-order valence-electron chi connectivity index (χ3n) is 1.81. The van der Waals surface area contributed by atoms with Crippen molar-refractivity contribution in [2.24, 2.45) is 10.8 Å². The summed E-state index contributed by atoms with van der Waals surface area (Å²) in [5.41, 5.74) is 8.30. The topological polar surface area (TPSA) is 59.6 Å². The maximum absolute atomic E-state index is 13.5. The van der Waals surface area contributed by atoms with Gasteiger partial charge >= 0.3 is 0 Å². The van der Waals surface area contributed by atoms with Gasteiger partial charge in [0.15, 0.2) is 16.7 Å². The summed E-state index contributed by atoms with van der Waals surface area (Å²) in [5.74, 6) is 1.81. The fourth-order valence-electron chi connectivity index (χ4n) is 1.17. The monoisotopic (exact) mass is 251 g/mol. The Bertz CT molecular complexity index is 508. The van der Waals surface area contributed by atoms with Crippen LogP contribution >= 0.6 is 12.2 Å². The molecule has 0 atom stereocenters. The summed E-state index contributed by atoms with van der Waals surface area (Å²) >= 11 is 4.55. The Balaban J connectivity index is 3.04. The van der Waals surface area contributed by atoms with Gasteiger partial charge in [0, 0.05) is 0 Å². The molecule has 0 unspecified atom stereocenters. The lowest BCUT2D eigenvalue weighted by atomic mass is 10.1. The molecule has 0 aliphatic heterocycles. The second-order valence-corrected chi connectivity index (χ2v) is 3.40. The standard InChI is InChI=1S/C11H10FN3OS/c1-3-8-4-7(6-14-15-11(13)17)5-9(12)10(8)16-2/h1,4-6H,2H3,(H3,13,15,17). The number of hydrazone groups is 1. The van der Waals surface area contributed by atoms with Crippen LogP contribution in [0.25, 0.3) is 0 Å². The predicted octanol–water partition coefficient (Wildman–Crippen LogP) is 0.983. The molecule has 1 rings (SSSR count). The molecule has 0 saturated carbocycles. The van der Waals surface area contributed by atoms with Crippen molar-refractivity contribution < 1.29 is 9.13 Å². The molecule has 0 aliphatic carbocycles. The number of halogens is 1. The fraction of sp³-hybridized carbons (Fsp3) is 0.0909. The first-order chi connectivity index (χ1) is 8.08. The van der Waals surface area contributed by atoms with Gasteiger partial charge < -0.3 is 10.5 Å². The van der Waals surface area contributed by atoms with Crippen LogP contribution in [0.15, 0.2) is 17.2 Å². The zero-order chi connectivity index (χ0) is 12.8. The van der Waals surface area contributed by atoms with Crippen LogP contribution in [0.1, 0.15) is 11.1 Å². The van der Waals surface area contributed by atoms with Gasteiger partial charge in [0.05, 0.1) is 18.9 Å². The second kappa shape index (κ2) is 5.82. The third kappa shape index (κ3) is 3.43. The van der Waals surface area contributed by atoms with E-state index >= 15 is 0 Å². The Morgan fingerprint density at radius 3 is 2.94 bits per heavy atom. The van der Waals surface area contributed by atoms with Gasteiger partial charge in [-0.2, -0.15) is 5.10 Å². The Labute approximate surface area is 104 Å². The van der Waals surface area contributed by atoms with Crippen LogP contribution in [0.4, 0.5) is 4.39 Å². The van der Waals surface area contributed by atoms with Crippen molar-refractivity contribution in [1.29, 1.82) is 0 Å². The number of hydrogen-bond acceptors (Lipinski definition) is 3. The number of rotatable bonds is 3. The van der Waals surface area contributed by atoms with Gasteiger partial charge in [-0.25, -0.2) is 4.39 Å². The average molecular weight is 251 g/mol. The second-order valence-electron chi connectivity index (χ2n) is 2.96. The Hall–Kier alpha value is -2.13. The number of hydrogen-bond donors (Lipinski definition) is 2. The highest BCUT2D eigenvalue weighted by Gasteiger charge is 2.08. The molecule has 0 fully saturated rings.